The molecule has 1 aromatic carbocycles. The molecule has 186 valence electrons. The first kappa shape index (κ1) is 25.6. The SMILES string of the molecule is O=C(CCCCCNS(=O)(=O)c1ccc2c(c1)OCCO2)N1CCCN(CC(F)(F)F)CC1. The molecule has 33 heavy (non-hydrogen) atoms. The molecule has 0 aliphatic carbocycles. The number of unbranched alkanes of at least 4 members (excludes halogenated alkanes) is 2. The maximum Gasteiger partial charge on any atom is 0.401 e. The summed E-state index contributed by atoms with van der Waals surface area (Å²) in [6.07, 6.45) is -1.60. The normalized spacial score (nSPS) is 17.6. The third kappa shape index (κ3) is 8.04. The fourth-order valence-corrected chi connectivity index (χ4v) is 4.94. The highest BCUT2D eigenvalue weighted by atomic mass is 32.2. The Hall–Kier alpha value is -2.05. The van der Waals surface area contributed by atoms with Gasteiger partial charge >= 0.3 is 6.18 Å². The van der Waals surface area contributed by atoms with E-state index in [1.54, 1.807) is 11.0 Å². The maximum atomic E-state index is 12.6. The highest BCUT2D eigenvalue weighted by Crippen LogP contribution is 2.32. The molecule has 0 atom stereocenters. The summed E-state index contributed by atoms with van der Waals surface area (Å²) in [4.78, 5) is 15.4. The Kier molecular flexibility index (Phi) is 8.82. The van der Waals surface area contributed by atoms with Gasteiger partial charge in [-0.1, -0.05) is 6.42 Å². The number of fused-ring (bicyclic) bond motifs is 1. The first-order valence-corrected chi connectivity index (χ1v) is 12.6. The predicted octanol–water partition coefficient (Wildman–Crippen LogP) is 2.39. The summed E-state index contributed by atoms with van der Waals surface area (Å²) in [6, 6.07) is 4.47. The van der Waals surface area contributed by atoms with E-state index in [1.807, 2.05) is 0 Å². The molecule has 1 fully saturated rings. The van der Waals surface area contributed by atoms with Crippen molar-refractivity contribution in [3.05, 3.63) is 18.2 Å². The minimum absolute atomic E-state index is 0.0688. The van der Waals surface area contributed by atoms with E-state index in [-0.39, 0.29) is 23.9 Å². The van der Waals surface area contributed by atoms with Crippen LogP contribution >= 0.6 is 0 Å². The van der Waals surface area contributed by atoms with Crippen LogP contribution in [0.15, 0.2) is 23.1 Å². The highest BCUT2D eigenvalue weighted by Gasteiger charge is 2.31. The summed E-state index contributed by atoms with van der Waals surface area (Å²) < 4.78 is 76.0. The van der Waals surface area contributed by atoms with Crippen molar-refractivity contribution in [1.82, 2.24) is 14.5 Å². The summed E-state index contributed by atoms with van der Waals surface area (Å²) >= 11 is 0. The fourth-order valence-electron chi connectivity index (χ4n) is 3.85. The van der Waals surface area contributed by atoms with Crippen LogP contribution in [-0.4, -0.2) is 82.8 Å². The van der Waals surface area contributed by atoms with E-state index < -0.39 is 22.7 Å². The van der Waals surface area contributed by atoms with E-state index in [2.05, 4.69) is 4.72 Å². The van der Waals surface area contributed by atoms with Crippen molar-refractivity contribution in [1.29, 1.82) is 0 Å². The minimum Gasteiger partial charge on any atom is -0.486 e. The maximum absolute atomic E-state index is 12.6. The van der Waals surface area contributed by atoms with Gasteiger partial charge in [0, 0.05) is 45.2 Å². The molecule has 2 aliphatic heterocycles. The lowest BCUT2D eigenvalue weighted by Crippen LogP contribution is -2.38. The predicted molar refractivity (Wildman–Crippen MR) is 115 cm³/mol. The van der Waals surface area contributed by atoms with Crippen LogP contribution in [-0.2, 0) is 14.8 Å². The number of ether oxygens (including phenoxy) is 2. The number of carbonyl (C=O) groups is 1. The van der Waals surface area contributed by atoms with Crippen LogP contribution in [0.3, 0.4) is 0 Å². The second kappa shape index (κ2) is 11.4. The van der Waals surface area contributed by atoms with Gasteiger partial charge in [0.25, 0.3) is 0 Å². The molecule has 0 aromatic heterocycles. The molecule has 1 N–H and O–H groups in total. The smallest absolute Gasteiger partial charge is 0.401 e. The van der Waals surface area contributed by atoms with Crippen molar-refractivity contribution >= 4 is 15.9 Å². The number of alkyl halides is 3. The third-order valence-electron chi connectivity index (χ3n) is 5.53. The van der Waals surface area contributed by atoms with Gasteiger partial charge in [-0.15, -0.1) is 0 Å². The van der Waals surface area contributed by atoms with Crippen molar-refractivity contribution in [3.63, 3.8) is 0 Å². The Balaban J connectivity index is 1.34. The van der Waals surface area contributed by atoms with E-state index in [1.165, 1.54) is 17.0 Å². The van der Waals surface area contributed by atoms with Crippen molar-refractivity contribution in [2.75, 3.05) is 52.5 Å². The number of sulfonamides is 1. The Labute approximate surface area is 192 Å². The number of carbonyl (C=O) groups excluding carboxylic acids is 1. The minimum atomic E-state index is -4.23. The number of benzene rings is 1. The second-order valence-electron chi connectivity index (χ2n) is 8.14. The molecule has 2 heterocycles. The summed E-state index contributed by atoms with van der Waals surface area (Å²) in [5, 5.41) is 0. The average molecular weight is 494 g/mol. The Morgan fingerprint density at radius 2 is 1.76 bits per heavy atom. The zero-order valence-electron chi connectivity index (χ0n) is 18.4. The van der Waals surface area contributed by atoms with Gasteiger partial charge in [0.05, 0.1) is 11.4 Å². The first-order chi connectivity index (χ1) is 15.6. The summed E-state index contributed by atoms with van der Waals surface area (Å²) in [5.74, 6) is 0.848. The van der Waals surface area contributed by atoms with Crippen molar-refractivity contribution in [3.8, 4) is 11.5 Å². The molecule has 0 bridgehead atoms. The number of nitrogens with zero attached hydrogens (tertiary/aromatic N) is 2. The molecule has 0 spiro atoms. The van der Waals surface area contributed by atoms with Gasteiger partial charge in [0.1, 0.15) is 13.2 Å². The number of rotatable bonds is 9. The molecule has 1 aromatic rings. The molecule has 0 radical (unpaired) electrons. The van der Waals surface area contributed by atoms with E-state index in [4.69, 9.17) is 9.47 Å². The summed E-state index contributed by atoms with van der Waals surface area (Å²) in [5.41, 5.74) is 0. The number of amides is 1. The van der Waals surface area contributed by atoms with Gasteiger partial charge < -0.3 is 14.4 Å². The van der Waals surface area contributed by atoms with Gasteiger partial charge in [-0.3, -0.25) is 9.69 Å². The molecule has 8 nitrogen and oxygen atoms in total. The highest BCUT2D eigenvalue weighted by molar-refractivity contribution is 7.89. The lowest BCUT2D eigenvalue weighted by Gasteiger charge is -2.22. The standard InChI is InChI=1S/C21H30F3N3O5S/c22-21(23,24)16-26-9-4-10-27(12-11-26)20(28)5-2-1-3-8-25-33(29,30)17-6-7-18-19(15-17)32-14-13-31-18/h6-7,15,25H,1-5,8-14,16H2. The number of halogens is 3. The quantitative estimate of drug-likeness (QED) is 0.532. The molecular weight excluding hydrogens is 463 g/mol. The molecule has 0 saturated carbocycles. The van der Waals surface area contributed by atoms with Crippen molar-refractivity contribution in [2.24, 2.45) is 0 Å². The van der Waals surface area contributed by atoms with Gasteiger partial charge in [0.2, 0.25) is 15.9 Å². The molecule has 3 rings (SSSR count). The summed E-state index contributed by atoms with van der Waals surface area (Å²) in [7, 11) is -3.68. The fraction of sp³-hybridized carbons (Fsp3) is 0.667. The number of hydrogen-bond acceptors (Lipinski definition) is 6. The lowest BCUT2D eigenvalue weighted by molar-refractivity contribution is -0.145. The Bertz CT molecular complexity index is 911. The molecule has 1 amide bonds. The van der Waals surface area contributed by atoms with Crippen LogP contribution in [0.5, 0.6) is 11.5 Å². The molecular formula is C21H30F3N3O5S. The first-order valence-electron chi connectivity index (χ1n) is 11.1. The van der Waals surface area contributed by atoms with Crippen LogP contribution < -0.4 is 14.2 Å². The van der Waals surface area contributed by atoms with E-state index in [9.17, 15) is 26.4 Å². The average Bonchev–Trinajstić information content (AvgIpc) is 3.00. The monoisotopic (exact) mass is 493 g/mol. The zero-order valence-corrected chi connectivity index (χ0v) is 19.2. The molecule has 12 heteroatoms. The van der Waals surface area contributed by atoms with Crippen molar-refractivity contribution in [2.45, 2.75) is 43.2 Å². The van der Waals surface area contributed by atoms with Gasteiger partial charge in [-0.05, 0) is 31.4 Å². The van der Waals surface area contributed by atoms with Crippen LogP contribution in [0.25, 0.3) is 0 Å². The van der Waals surface area contributed by atoms with E-state index in [0.717, 1.165) is 0 Å². The summed E-state index contributed by atoms with van der Waals surface area (Å²) in [6.45, 7) is 1.38. The third-order valence-corrected chi connectivity index (χ3v) is 6.99. The largest absolute Gasteiger partial charge is 0.486 e. The Morgan fingerprint density at radius 3 is 2.52 bits per heavy atom. The van der Waals surface area contributed by atoms with Gasteiger partial charge in [0.15, 0.2) is 11.5 Å². The topological polar surface area (TPSA) is 88.2 Å². The van der Waals surface area contributed by atoms with E-state index >= 15 is 0 Å². The Morgan fingerprint density at radius 1 is 1.00 bits per heavy atom. The molecule has 2 aliphatic rings. The van der Waals surface area contributed by atoms with Crippen LogP contribution in [0.1, 0.15) is 32.1 Å². The van der Waals surface area contributed by atoms with Crippen LogP contribution in [0, 0.1) is 0 Å². The molecule has 1 saturated heterocycles. The van der Waals surface area contributed by atoms with Gasteiger partial charge in [-0.25, -0.2) is 13.1 Å². The van der Waals surface area contributed by atoms with E-state index in [0.29, 0.717) is 76.5 Å². The molecule has 0 unspecified atom stereocenters. The zero-order chi connectivity index (χ0) is 23.9. The van der Waals surface area contributed by atoms with Gasteiger partial charge in [-0.2, -0.15) is 13.2 Å². The van der Waals surface area contributed by atoms with Crippen LogP contribution in [0.2, 0.25) is 0 Å². The number of hydrogen-bond donors (Lipinski definition) is 1. The van der Waals surface area contributed by atoms with Crippen LogP contribution in [0.4, 0.5) is 13.2 Å². The second-order valence-corrected chi connectivity index (χ2v) is 9.91. The lowest BCUT2D eigenvalue weighted by atomic mass is 10.2. The van der Waals surface area contributed by atoms with Crippen molar-refractivity contribution < 1.29 is 35.9 Å². The number of nitrogens with one attached hydrogen (secondary N) is 1.